The van der Waals surface area contributed by atoms with E-state index in [1.165, 1.54) is 12.3 Å². The van der Waals surface area contributed by atoms with Gasteiger partial charge in [-0.25, -0.2) is 0 Å². The van der Waals surface area contributed by atoms with Crippen LogP contribution in [0.3, 0.4) is 0 Å². The molecule has 2 aromatic rings. The molecule has 0 saturated heterocycles. The summed E-state index contributed by atoms with van der Waals surface area (Å²) in [4.78, 5) is 27.0. The Hall–Kier alpha value is -2.89. The third-order valence-electron chi connectivity index (χ3n) is 2.54. The molecule has 21 heavy (non-hydrogen) atoms. The number of aromatic nitrogens is 1. The highest BCUT2D eigenvalue weighted by Gasteiger charge is 2.03. The minimum Gasteiger partial charge on any atom is -0.465 e. The Balaban J connectivity index is 1.67. The van der Waals surface area contributed by atoms with E-state index < -0.39 is 0 Å². The molecular weight excluding hydrogens is 270 g/mol. The van der Waals surface area contributed by atoms with Crippen LogP contribution in [0.2, 0.25) is 0 Å². The Morgan fingerprint density at radius 1 is 1.29 bits per heavy atom. The van der Waals surface area contributed by atoms with Crippen LogP contribution >= 0.6 is 0 Å². The molecule has 0 radical (unpaired) electrons. The molecule has 6 heteroatoms. The molecule has 2 aromatic heterocycles. The van der Waals surface area contributed by atoms with Crippen molar-refractivity contribution in [3.63, 3.8) is 0 Å². The first-order valence-corrected chi connectivity index (χ1v) is 6.43. The second-order valence-corrected chi connectivity index (χ2v) is 4.18. The molecular formula is C15H15N3O3. The van der Waals surface area contributed by atoms with Crippen molar-refractivity contribution >= 4 is 23.6 Å². The molecule has 0 unspecified atom stereocenters. The zero-order chi connectivity index (χ0) is 14.9. The molecule has 2 amide bonds. The maximum atomic E-state index is 11.6. The van der Waals surface area contributed by atoms with Gasteiger partial charge in [-0.2, -0.15) is 0 Å². The monoisotopic (exact) mass is 285 g/mol. The van der Waals surface area contributed by atoms with Crippen LogP contribution in [0.1, 0.15) is 12.2 Å². The van der Waals surface area contributed by atoms with Crippen molar-refractivity contribution in [2.45, 2.75) is 6.42 Å². The van der Waals surface area contributed by atoms with Crippen molar-refractivity contribution < 1.29 is 14.0 Å². The van der Waals surface area contributed by atoms with Crippen LogP contribution < -0.4 is 10.6 Å². The number of carbonyl (C=O) groups excluding carboxylic acids is 2. The Morgan fingerprint density at radius 2 is 2.19 bits per heavy atom. The quantitative estimate of drug-likeness (QED) is 0.793. The zero-order valence-electron chi connectivity index (χ0n) is 11.3. The van der Waals surface area contributed by atoms with E-state index in [9.17, 15) is 9.59 Å². The summed E-state index contributed by atoms with van der Waals surface area (Å²) in [5.41, 5.74) is 0.631. The van der Waals surface area contributed by atoms with Gasteiger partial charge in [0.1, 0.15) is 5.76 Å². The van der Waals surface area contributed by atoms with Crippen molar-refractivity contribution in [1.29, 1.82) is 0 Å². The number of hydrogen-bond donors (Lipinski definition) is 2. The molecule has 0 spiro atoms. The normalized spacial score (nSPS) is 10.5. The van der Waals surface area contributed by atoms with Crippen LogP contribution in [0.5, 0.6) is 0 Å². The van der Waals surface area contributed by atoms with Crippen LogP contribution in [-0.4, -0.2) is 23.3 Å². The maximum absolute atomic E-state index is 11.6. The minimum atomic E-state index is -0.277. The van der Waals surface area contributed by atoms with Gasteiger partial charge in [0.2, 0.25) is 11.8 Å². The lowest BCUT2D eigenvalue weighted by Gasteiger charge is -2.04. The van der Waals surface area contributed by atoms with Crippen molar-refractivity contribution in [3.05, 3.63) is 54.8 Å². The Labute approximate surface area is 121 Å². The van der Waals surface area contributed by atoms with E-state index in [1.807, 2.05) is 0 Å². The Bertz CT molecular complexity index is 606. The van der Waals surface area contributed by atoms with Crippen molar-refractivity contribution in [3.8, 4) is 0 Å². The van der Waals surface area contributed by atoms with Gasteiger partial charge in [-0.15, -0.1) is 0 Å². The Kier molecular flexibility index (Phi) is 5.28. The second kappa shape index (κ2) is 7.64. The van der Waals surface area contributed by atoms with Crippen LogP contribution in [-0.2, 0) is 9.59 Å². The fourth-order valence-electron chi connectivity index (χ4n) is 1.56. The van der Waals surface area contributed by atoms with Crippen LogP contribution in [0.15, 0.2) is 53.4 Å². The predicted octanol–water partition coefficient (Wildman–Crippen LogP) is 1.83. The fourth-order valence-corrected chi connectivity index (χ4v) is 1.56. The van der Waals surface area contributed by atoms with E-state index in [1.54, 1.807) is 42.7 Å². The first-order valence-electron chi connectivity index (χ1n) is 6.43. The van der Waals surface area contributed by atoms with Crippen molar-refractivity contribution in [2.75, 3.05) is 11.9 Å². The Morgan fingerprint density at radius 3 is 2.90 bits per heavy atom. The smallest absolute Gasteiger partial charge is 0.244 e. The topological polar surface area (TPSA) is 84.2 Å². The number of nitrogens with one attached hydrogen (secondary N) is 2. The number of amides is 2. The molecule has 0 aliphatic heterocycles. The van der Waals surface area contributed by atoms with Crippen molar-refractivity contribution in [2.24, 2.45) is 0 Å². The van der Waals surface area contributed by atoms with Gasteiger partial charge in [-0.1, -0.05) is 0 Å². The van der Waals surface area contributed by atoms with Gasteiger partial charge in [0.05, 0.1) is 18.1 Å². The highest BCUT2D eigenvalue weighted by atomic mass is 16.3. The summed E-state index contributed by atoms with van der Waals surface area (Å²) in [5, 5.41) is 5.30. The largest absolute Gasteiger partial charge is 0.465 e. The van der Waals surface area contributed by atoms with Crippen LogP contribution in [0, 0.1) is 0 Å². The molecule has 0 fully saturated rings. The van der Waals surface area contributed by atoms with E-state index in [0.717, 1.165) is 0 Å². The summed E-state index contributed by atoms with van der Waals surface area (Å²) in [7, 11) is 0. The summed E-state index contributed by atoms with van der Waals surface area (Å²) in [6.45, 7) is 0.257. The summed E-state index contributed by atoms with van der Waals surface area (Å²) in [6.07, 6.45) is 7.82. The lowest BCUT2D eigenvalue weighted by Crippen LogP contribution is -2.26. The molecule has 0 aliphatic carbocycles. The van der Waals surface area contributed by atoms with Gasteiger partial charge < -0.3 is 15.1 Å². The molecule has 108 valence electrons. The highest BCUT2D eigenvalue weighted by molar-refractivity contribution is 5.93. The molecule has 2 N–H and O–H groups in total. The van der Waals surface area contributed by atoms with Crippen LogP contribution in [0.25, 0.3) is 6.08 Å². The number of carbonyl (C=O) groups is 2. The highest BCUT2D eigenvalue weighted by Crippen LogP contribution is 2.03. The van der Waals surface area contributed by atoms with E-state index in [4.69, 9.17) is 4.42 Å². The molecule has 0 aliphatic rings. The van der Waals surface area contributed by atoms with E-state index in [-0.39, 0.29) is 24.8 Å². The molecule has 0 atom stereocenters. The predicted molar refractivity (Wildman–Crippen MR) is 78.2 cm³/mol. The molecule has 6 nitrogen and oxygen atoms in total. The number of furan rings is 1. The van der Waals surface area contributed by atoms with Gasteiger partial charge >= 0.3 is 0 Å². The van der Waals surface area contributed by atoms with Gasteiger partial charge in [0, 0.05) is 25.2 Å². The minimum absolute atomic E-state index is 0.182. The summed E-state index contributed by atoms with van der Waals surface area (Å²) >= 11 is 0. The SMILES string of the molecule is O=C(C=Cc1ccco1)NCCC(=O)Nc1cccnc1. The molecule has 0 aromatic carbocycles. The zero-order valence-corrected chi connectivity index (χ0v) is 11.3. The summed E-state index contributed by atoms with van der Waals surface area (Å²) < 4.78 is 5.06. The summed E-state index contributed by atoms with van der Waals surface area (Å²) in [6, 6.07) is 6.96. The van der Waals surface area contributed by atoms with Crippen LogP contribution in [0.4, 0.5) is 5.69 Å². The van der Waals surface area contributed by atoms with Gasteiger partial charge in [0.25, 0.3) is 0 Å². The molecule has 2 heterocycles. The number of anilines is 1. The summed E-state index contributed by atoms with van der Waals surface area (Å²) in [5.74, 6) is 0.137. The third-order valence-corrected chi connectivity index (χ3v) is 2.54. The molecule has 0 saturated carbocycles. The third kappa shape index (κ3) is 5.32. The average Bonchev–Trinajstić information content (AvgIpc) is 2.99. The lowest BCUT2D eigenvalue weighted by molar-refractivity contribution is -0.117. The fraction of sp³-hybridized carbons (Fsp3) is 0.133. The second-order valence-electron chi connectivity index (χ2n) is 4.18. The number of nitrogens with zero attached hydrogens (tertiary/aromatic N) is 1. The van der Waals surface area contributed by atoms with Gasteiger partial charge in [-0.05, 0) is 30.3 Å². The number of rotatable bonds is 6. The van der Waals surface area contributed by atoms with Gasteiger partial charge in [-0.3, -0.25) is 14.6 Å². The first kappa shape index (κ1) is 14.5. The standard InChI is InChI=1S/C15H15N3O3/c19-14(6-5-13-4-2-10-21-13)17-9-7-15(20)18-12-3-1-8-16-11-12/h1-6,8,10-11H,7,9H2,(H,17,19)(H,18,20). The van der Waals surface area contributed by atoms with E-state index in [0.29, 0.717) is 11.4 Å². The number of hydrogen-bond acceptors (Lipinski definition) is 4. The average molecular weight is 285 g/mol. The maximum Gasteiger partial charge on any atom is 0.244 e. The van der Waals surface area contributed by atoms with E-state index >= 15 is 0 Å². The molecule has 0 bridgehead atoms. The van der Waals surface area contributed by atoms with Gasteiger partial charge in [0.15, 0.2) is 0 Å². The number of pyridine rings is 1. The first-order chi connectivity index (χ1) is 10.2. The molecule has 2 rings (SSSR count). The van der Waals surface area contributed by atoms with Crippen molar-refractivity contribution in [1.82, 2.24) is 10.3 Å². The lowest BCUT2D eigenvalue weighted by atomic mass is 10.3. The van der Waals surface area contributed by atoms with E-state index in [2.05, 4.69) is 15.6 Å².